The molecule has 6 heteroatoms. The number of rotatable bonds is 5. The summed E-state index contributed by atoms with van der Waals surface area (Å²) in [5.74, 6) is -0.578. The molecule has 0 saturated heterocycles. The van der Waals surface area contributed by atoms with Crippen LogP contribution in [-0.4, -0.2) is 33.9 Å². The van der Waals surface area contributed by atoms with Crippen LogP contribution in [0.25, 0.3) is 0 Å². The van der Waals surface area contributed by atoms with Crippen LogP contribution in [0.5, 0.6) is 0 Å². The maximum absolute atomic E-state index is 11.1. The molecule has 0 bridgehead atoms. The van der Waals surface area contributed by atoms with Gasteiger partial charge >= 0.3 is 5.97 Å². The van der Waals surface area contributed by atoms with Crippen LogP contribution in [-0.2, 0) is 9.53 Å². The number of hydrogen-bond acceptors (Lipinski definition) is 6. The molecular formula is C12H14N2O4. The van der Waals surface area contributed by atoms with E-state index in [4.69, 9.17) is 5.26 Å². The van der Waals surface area contributed by atoms with Crippen molar-refractivity contribution in [3.8, 4) is 6.07 Å². The number of aliphatic hydroxyl groups excluding tert-OH is 2. The summed E-state index contributed by atoms with van der Waals surface area (Å²) in [6, 6.07) is 4.74. The highest BCUT2D eigenvalue weighted by Gasteiger charge is 2.22. The third-order valence-electron chi connectivity index (χ3n) is 2.29. The Hall–Kier alpha value is -1.97. The average molecular weight is 250 g/mol. The molecule has 96 valence electrons. The standard InChI is InChI=1S/C12H14N2O4/c1-2-18-11(16)5-10(15)12(17)8-3-4-9(6-13)14-7-8/h3-4,7,10,12,15,17H,2,5H2,1H3. The monoisotopic (exact) mass is 250 g/mol. The Kier molecular flexibility index (Phi) is 5.24. The third-order valence-corrected chi connectivity index (χ3v) is 2.29. The number of esters is 1. The number of hydrogen-bond donors (Lipinski definition) is 2. The van der Waals surface area contributed by atoms with E-state index in [1.807, 2.05) is 6.07 Å². The van der Waals surface area contributed by atoms with Crippen LogP contribution in [0.4, 0.5) is 0 Å². The van der Waals surface area contributed by atoms with Gasteiger partial charge in [-0.15, -0.1) is 0 Å². The van der Waals surface area contributed by atoms with Crippen LogP contribution in [0.3, 0.4) is 0 Å². The van der Waals surface area contributed by atoms with Gasteiger partial charge in [-0.05, 0) is 13.0 Å². The first kappa shape index (κ1) is 14.1. The number of nitrogens with zero attached hydrogens (tertiary/aromatic N) is 2. The van der Waals surface area contributed by atoms with E-state index in [9.17, 15) is 15.0 Å². The second-order valence-electron chi connectivity index (χ2n) is 3.61. The van der Waals surface area contributed by atoms with Crippen LogP contribution in [0.15, 0.2) is 18.3 Å². The van der Waals surface area contributed by atoms with E-state index in [-0.39, 0.29) is 18.7 Å². The quantitative estimate of drug-likeness (QED) is 0.728. The summed E-state index contributed by atoms with van der Waals surface area (Å²) >= 11 is 0. The Bertz CT molecular complexity index is 438. The van der Waals surface area contributed by atoms with Gasteiger partial charge in [-0.25, -0.2) is 4.98 Å². The normalized spacial score (nSPS) is 13.4. The van der Waals surface area contributed by atoms with E-state index in [1.54, 1.807) is 6.92 Å². The van der Waals surface area contributed by atoms with Crippen LogP contribution in [0.2, 0.25) is 0 Å². The van der Waals surface area contributed by atoms with Crippen molar-refractivity contribution in [1.82, 2.24) is 4.98 Å². The minimum atomic E-state index is -1.27. The van der Waals surface area contributed by atoms with Gasteiger partial charge < -0.3 is 14.9 Å². The Morgan fingerprint density at radius 2 is 2.28 bits per heavy atom. The molecule has 0 aliphatic carbocycles. The van der Waals surface area contributed by atoms with Gasteiger partial charge in [0.05, 0.1) is 19.1 Å². The van der Waals surface area contributed by atoms with Crippen molar-refractivity contribution in [2.45, 2.75) is 25.6 Å². The number of carbonyl (C=O) groups is 1. The van der Waals surface area contributed by atoms with Crippen molar-refractivity contribution in [2.24, 2.45) is 0 Å². The molecule has 1 aromatic rings. The highest BCUT2D eigenvalue weighted by atomic mass is 16.5. The molecule has 2 unspecified atom stereocenters. The van der Waals surface area contributed by atoms with Gasteiger partial charge in [-0.3, -0.25) is 4.79 Å². The molecule has 1 aromatic heterocycles. The summed E-state index contributed by atoms with van der Waals surface area (Å²) in [6.45, 7) is 1.88. The molecular weight excluding hydrogens is 236 g/mol. The third kappa shape index (κ3) is 3.80. The Morgan fingerprint density at radius 1 is 1.56 bits per heavy atom. The largest absolute Gasteiger partial charge is 0.466 e. The fourth-order valence-corrected chi connectivity index (χ4v) is 1.37. The summed E-state index contributed by atoms with van der Waals surface area (Å²) in [6.07, 6.45) is -1.51. The van der Waals surface area contributed by atoms with Gasteiger partial charge in [-0.1, -0.05) is 6.07 Å². The lowest BCUT2D eigenvalue weighted by molar-refractivity contribution is -0.147. The summed E-state index contributed by atoms with van der Waals surface area (Å²) in [5, 5.41) is 28.0. The van der Waals surface area contributed by atoms with Gasteiger partial charge in [0, 0.05) is 11.8 Å². The Labute approximate surface area is 104 Å². The minimum absolute atomic E-state index is 0.214. The number of nitriles is 1. The van der Waals surface area contributed by atoms with E-state index in [2.05, 4.69) is 9.72 Å². The van der Waals surface area contributed by atoms with Gasteiger partial charge in [0.2, 0.25) is 0 Å². The second-order valence-corrected chi connectivity index (χ2v) is 3.61. The second kappa shape index (κ2) is 6.69. The lowest BCUT2D eigenvalue weighted by atomic mass is 10.0. The highest BCUT2D eigenvalue weighted by Crippen LogP contribution is 2.18. The van der Waals surface area contributed by atoms with Gasteiger partial charge in [0.15, 0.2) is 0 Å². The minimum Gasteiger partial charge on any atom is -0.466 e. The fourth-order valence-electron chi connectivity index (χ4n) is 1.37. The SMILES string of the molecule is CCOC(=O)CC(O)C(O)c1ccc(C#N)nc1. The summed E-state index contributed by atoms with van der Waals surface area (Å²) in [4.78, 5) is 14.9. The zero-order valence-corrected chi connectivity index (χ0v) is 9.91. The molecule has 2 N–H and O–H groups in total. The van der Waals surface area contributed by atoms with E-state index in [1.165, 1.54) is 18.3 Å². The molecule has 0 fully saturated rings. The van der Waals surface area contributed by atoms with Gasteiger partial charge in [-0.2, -0.15) is 5.26 Å². The number of carbonyl (C=O) groups excluding carboxylic acids is 1. The Morgan fingerprint density at radius 3 is 2.78 bits per heavy atom. The number of aliphatic hydroxyl groups is 2. The van der Waals surface area contributed by atoms with E-state index in [0.717, 1.165) is 0 Å². The first-order chi connectivity index (χ1) is 8.58. The predicted molar refractivity (Wildman–Crippen MR) is 61.2 cm³/mol. The molecule has 0 saturated carbocycles. The molecule has 18 heavy (non-hydrogen) atoms. The molecule has 0 amide bonds. The molecule has 1 rings (SSSR count). The fraction of sp³-hybridized carbons (Fsp3) is 0.417. The van der Waals surface area contributed by atoms with Crippen LogP contribution in [0.1, 0.15) is 30.7 Å². The van der Waals surface area contributed by atoms with E-state index in [0.29, 0.717) is 5.56 Å². The van der Waals surface area contributed by atoms with Crippen molar-refractivity contribution in [3.63, 3.8) is 0 Å². The number of ether oxygens (including phenoxy) is 1. The summed E-state index contributed by atoms with van der Waals surface area (Å²) in [5.41, 5.74) is 0.552. The van der Waals surface area contributed by atoms with E-state index >= 15 is 0 Å². The van der Waals surface area contributed by atoms with Crippen molar-refractivity contribution >= 4 is 5.97 Å². The zero-order chi connectivity index (χ0) is 13.5. The number of aromatic nitrogens is 1. The zero-order valence-electron chi connectivity index (χ0n) is 9.91. The molecule has 0 spiro atoms. The van der Waals surface area contributed by atoms with Gasteiger partial charge in [0.1, 0.15) is 17.9 Å². The van der Waals surface area contributed by atoms with Crippen LogP contribution >= 0.6 is 0 Å². The number of pyridine rings is 1. The molecule has 0 radical (unpaired) electrons. The first-order valence-electron chi connectivity index (χ1n) is 5.46. The summed E-state index contributed by atoms with van der Waals surface area (Å²) < 4.78 is 4.67. The lowest BCUT2D eigenvalue weighted by Gasteiger charge is -2.16. The van der Waals surface area contributed by atoms with Crippen LogP contribution < -0.4 is 0 Å². The average Bonchev–Trinajstić information content (AvgIpc) is 2.38. The van der Waals surface area contributed by atoms with Crippen molar-refractivity contribution in [1.29, 1.82) is 5.26 Å². The molecule has 6 nitrogen and oxygen atoms in total. The van der Waals surface area contributed by atoms with Crippen molar-refractivity contribution in [2.75, 3.05) is 6.61 Å². The maximum Gasteiger partial charge on any atom is 0.308 e. The lowest BCUT2D eigenvalue weighted by Crippen LogP contribution is -2.23. The van der Waals surface area contributed by atoms with Gasteiger partial charge in [0.25, 0.3) is 0 Å². The van der Waals surface area contributed by atoms with Crippen molar-refractivity contribution in [3.05, 3.63) is 29.6 Å². The first-order valence-corrected chi connectivity index (χ1v) is 5.46. The molecule has 0 aliphatic rings. The molecule has 0 aromatic carbocycles. The molecule has 0 aliphatic heterocycles. The van der Waals surface area contributed by atoms with Crippen LogP contribution in [0, 0.1) is 11.3 Å². The summed E-state index contributed by atoms with van der Waals surface area (Å²) in [7, 11) is 0. The predicted octanol–water partition coefficient (Wildman–Crippen LogP) is 0.301. The maximum atomic E-state index is 11.1. The highest BCUT2D eigenvalue weighted by molar-refractivity contribution is 5.70. The van der Waals surface area contributed by atoms with E-state index < -0.39 is 18.2 Å². The van der Waals surface area contributed by atoms with Crippen molar-refractivity contribution < 1.29 is 19.7 Å². The smallest absolute Gasteiger partial charge is 0.308 e. The topological polar surface area (TPSA) is 103 Å². The Balaban J connectivity index is 2.65. The molecule has 1 heterocycles. The molecule has 2 atom stereocenters.